The van der Waals surface area contributed by atoms with Crippen molar-refractivity contribution in [2.45, 2.75) is 19.9 Å². The van der Waals surface area contributed by atoms with Gasteiger partial charge in [0.15, 0.2) is 5.58 Å². The summed E-state index contributed by atoms with van der Waals surface area (Å²) in [4.78, 5) is 0. The van der Waals surface area contributed by atoms with Gasteiger partial charge in [0.2, 0.25) is 0 Å². The van der Waals surface area contributed by atoms with E-state index in [0.717, 1.165) is 30.7 Å². The fraction of sp³-hybridized carbons (Fsp3) is 0.333. The molecule has 2 nitrogen and oxygen atoms in total. The number of nitrogens with one attached hydrogen (secondary N) is 1. The van der Waals surface area contributed by atoms with Crippen molar-refractivity contribution in [2.75, 3.05) is 6.54 Å². The number of hydrogen-bond acceptors (Lipinski definition) is 2. The molecule has 0 aliphatic rings. The molecule has 0 atom stereocenters. The summed E-state index contributed by atoms with van der Waals surface area (Å²) in [5, 5.41) is 5.42. The molecule has 0 unspecified atom stereocenters. The molecule has 2 aromatic rings. The first kappa shape index (κ1) is 11.8. The fourth-order valence-electron chi connectivity index (χ4n) is 1.60. The standard InChI is InChI=1S/C12H13Cl2NO/c1-2-3-15-7-10-5-8-4-9(13)6-11(14)12(8)16-10/h4-6,15H,2-3,7H2,1H3. The van der Waals surface area contributed by atoms with E-state index in [0.29, 0.717) is 15.6 Å². The maximum Gasteiger partial charge on any atom is 0.153 e. The third-order valence-electron chi connectivity index (χ3n) is 2.31. The lowest BCUT2D eigenvalue weighted by molar-refractivity contribution is 0.513. The summed E-state index contributed by atoms with van der Waals surface area (Å²) in [5.74, 6) is 0.882. The predicted molar refractivity (Wildman–Crippen MR) is 68.2 cm³/mol. The molecule has 0 aliphatic carbocycles. The average Bonchev–Trinajstić information content (AvgIpc) is 2.61. The molecule has 0 fully saturated rings. The van der Waals surface area contributed by atoms with Crippen molar-refractivity contribution >= 4 is 34.2 Å². The molecule has 86 valence electrons. The Morgan fingerprint density at radius 2 is 2.06 bits per heavy atom. The third-order valence-corrected chi connectivity index (χ3v) is 2.81. The van der Waals surface area contributed by atoms with Gasteiger partial charge in [0.05, 0.1) is 11.6 Å². The molecule has 0 spiro atoms. The van der Waals surface area contributed by atoms with Crippen molar-refractivity contribution < 1.29 is 4.42 Å². The van der Waals surface area contributed by atoms with Crippen LogP contribution in [0.25, 0.3) is 11.0 Å². The summed E-state index contributed by atoms with van der Waals surface area (Å²) < 4.78 is 5.65. The summed E-state index contributed by atoms with van der Waals surface area (Å²) in [7, 11) is 0. The minimum atomic E-state index is 0.559. The van der Waals surface area contributed by atoms with Crippen molar-refractivity contribution in [2.24, 2.45) is 0 Å². The van der Waals surface area contributed by atoms with Gasteiger partial charge in [-0.15, -0.1) is 0 Å². The van der Waals surface area contributed by atoms with Gasteiger partial charge in [0.1, 0.15) is 5.76 Å². The maximum absolute atomic E-state index is 6.04. The molecule has 0 aliphatic heterocycles. The highest BCUT2D eigenvalue weighted by molar-refractivity contribution is 6.38. The molecule has 1 aromatic carbocycles. The first-order chi connectivity index (χ1) is 7.70. The second-order valence-corrected chi connectivity index (χ2v) is 4.54. The van der Waals surface area contributed by atoms with Crippen LogP contribution in [0.5, 0.6) is 0 Å². The van der Waals surface area contributed by atoms with Crippen LogP contribution in [-0.4, -0.2) is 6.54 Å². The van der Waals surface area contributed by atoms with Gasteiger partial charge in [-0.3, -0.25) is 0 Å². The minimum absolute atomic E-state index is 0.559. The number of hydrogen-bond donors (Lipinski definition) is 1. The Labute approximate surface area is 105 Å². The topological polar surface area (TPSA) is 25.2 Å². The van der Waals surface area contributed by atoms with Crippen molar-refractivity contribution in [3.8, 4) is 0 Å². The van der Waals surface area contributed by atoms with Crippen LogP contribution >= 0.6 is 23.2 Å². The van der Waals surface area contributed by atoms with Crippen LogP contribution in [0.15, 0.2) is 22.6 Å². The largest absolute Gasteiger partial charge is 0.458 e. The summed E-state index contributed by atoms with van der Waals surface area (Å²) in [6, 6.07) is 5.52. The lowest BCUT2D eigenvalue weighted by atomic mass is 10.2. The number of rotatable bonds is 4. The molecular formula is C12H13Cl2NO. The van der Waals surface area contributed by atoms with Crippen molar-refractivity contribution in [3.63, 3.8) is 0 Å². The first-order valence-corrected chi connectivity index (χ1v) is 6.04. The number of benzene rings is 1. The molecule has 16 heavy (non-hydrogen) atoms. The van der Waals surface area contributed by atoms with E-state index >= 15 is 0 Å². The Morgan fingerprint density at radius 1 is 1.25 bits per heavy atom. The SMILES string of the molecule is CCCNCc1cc2cc(Cl)cc(Cl)c2o1. The fourth-order valence-corrected chi connectivity index (χ4v) is 2.15. The summed E-state index contributed by atoms with van der Waals surface area (Å²) in [6.45, 7) is 3.82. The van der Waals surface area contributed by atoms with Crippen LogP contribution in [-0.2, 0) is 6.54 Å². The highest BCUT2D eigenvalue weighted by atomic mass is 35.5. The van der Waals surface area contributed by atoms with Gasteiger partial charge in [-0.25, -0.2) is 0 Å². The second-order valence-electron chi connectivity index (χ2n) is 3.70. The van der Waals surface area contributed by atoms with E-state index in [1.807, 2.05) is 12.1 Å². The van der Waals surface area contributed by atoms with Gasteiger partial charge >= 0.3 is 0 Å². The second kappa shape index (κ2) is 5.09. The van der Waals surface area contributed by atoms with Crippen LogP contribution in [0, 0.1) is 0 Å². The molecule has 0 radical (unpaired) electrons. The van der Waals surface area contributed by atoms with E-state index in [2.05, 4.69) is 12.2 Å². The van der Waals surface area contributed by atoms with Crippen LogP contribution in [0.3, 0.4) is 0 Å². The molecule has 0 saturated carbocycles. The van der Waals surface area contributed by atoms with Gasteiger partial charge in [-0.1, -0.05) is 30.1 Å². The van der Waals surface area contributed by atoms with Crippen molar-refractivity contribution in [1.29, 1.82) is 0 Å². The van der Waals surface area contributed by atoms with E-state index in [4.69, 9.17) is 27.6 Å². The average molecular weight is 258 g/mol. The predicted octanol–water partition coefficient (Wildman–Crippen LogP) is 4.24. The Morgan fingerprint density at radius 3 is 2.81 bits per heavy atom. The zero-order valence-electron chi connectivity index (χ0n) is 9.02. The van der Waals surface area contributed by atoms with E-state index in [9.17, 15) is 0 Å². The Kier molecular flexibility index (Phi) is 3.74. The highest BCUT2D eigenvalue weighted by Crippen LogP contribution is 2.30. The molecule has 0 saturated heterocycles. The monoisotopic (exact) mass is 257 g/mol. The number of furan rings is 1. The Balaban J connectivity index is 2.26. The van der Waals surface area contributed by atoms with Crippen LogP contribution in [0.4, 0.5) is 0 Å². The van der Waals surface area contributed by atoms with Gasteiger partial charge in [-0.05, 0) is 31.2 Å². The Hall–Kier alpha value is -0.700. The summed E-state index contributed by atoms with van der Waals surface area (Å²) in [6.07, 6.45) is 1.10. The Bertz CT molecular complexity index is 493. The third kappa shape index (κ3) is 2.51. The first-order valence-electron chi connectivity index (χ1n) is 5.29. The molecule has 2 rings (SSSR count). The van der Waals surface area contributed by atoms with E-state index in [-0.39, 0.29) is 0 Å². The van der Waals surface area contributed by atoms with Gasteiger partial charge < -0.3 is 9.73 Å². The highest BCUT2D eigenvalue weighted by Gasteiger charge is 2.08. The summed E-state index contributed by atoms with van der Waals surface area (Å²) >= 11 is 12.0. The van der Waals surface area contributed by atoms with Crippen LogP contribution in [0.1, 0.15) is 19.1 Å². The minimum Gasteiger partial charge on any atom is -0.458 e. The molecule has 1 aromatic heterocycles. The van der Waals surface area contributed by atoms with Gasteiger partial charge in [-0.2, -0.15) is 0 Å². The van der Waals surface area contributed by atoms with E-state index in [1.165, 1.54) is 0 Å². The zero-order chi connectivity index (χ0) is 11.5. The molecule has 0 amide bonds. The molecular weight excluding hydrogens is 245 g/mol. The van der Waals surface area contributed by atoms with Crippen molar-refractivity contribution in [3.05, 3.63) is 34.0 Å². The quantitative estimate of drug-likeness (QED) is 0.830. The number of halogens is 2. The smallest absolute Gasteiger partial charge is 0.153 e. The van der Waals surface area contributed by atoms with E-state index < -0.39 is 0 Å². The molecule has 0 bridgehead atoms. The molecule has 1 N–H and O–H groups in total. The van der Waals surface area contributed by atoms with Gasteiger partial charge in [0.25, 0.3) is 0 Å². The van der Waals surface area contributed by atoms with Gasteiger partial charge in [0, 0.05) is 10.4 Å². The van der Waals surface area contributed by atoms with E-state index in [1.54, 1.807) is 6.07 Å². The number of fused-ring (bicyclic) bond motifs is 1. The van der Waals surface area contributed by atoms with Crippen molar-refractivity contribution in [1.82, 2.24) is 5.32 Å². The van der Waals surface area contributed by atoms with Crippen LogP contribution < -0.4 is 5.32 Å². The summed E-state index contributed by atoms with van der Waals surface area (Å²) in [5.41, 5.74) is 0.708. The van der Waals surface area contributed by atoms with Crippen LogP contribution in [0.2, 0.25) is 10.0 Å². The lowest BCUT2D eigenvalue weighted by Gasteiger charge is -1.98. The molecule has 1 heterocycles. The normalized spacial score (nSPS) is 11.2. The maximum atomic E-state index is 6.04. The zero-order valence-corrected chi connectivity index (χ0v) is 10.5. The lowest BCUT2D eigenvalue weighted by Crippen LogP contribution is -2.12. The molecule has 4 heteroatoms.